The van der Waals surface area contributed by atoms with Crippen LogP contribution in [0.4, 0.5) is 11.6 Å². The lowest BCUT2D eigenvalue weighted by molar-refractivity contribution is 0.283. The Morgan fingerprint density at radius 3 is 2.76 bits per heavy atom. The molecule has 0 aliphatic heterocycles. The summed E-state index contributed by atoms with van der Waals surface area (Å²) in [6.45, 7) is 2.77. The van der Waals surface area contributed by atoms with E-state index >= 15 is 0 Å². The fraction of sp³-hybridized carbons (Fsp3) is 0.667. The average molecular weight is 236 g/mol. The molecule has 1 aromatic rings. The maximum absolute atomic E-state index is 9.15. The lowest BCUT2D eigenvalue weighted by atomic mass is 9.91. The summed E-state index contributed by atoms with van der Waals surface area (Å²) in [6.07, 6.45) is 4.38. The zero-order valence-electron chi connectivity index (χ0n) is 10.3. The molecule has 1 aromatic heterocycles. The second-order valence-electron chi connectivity index (χ2n) is 4.42. The lowest BCUT2D eigenvalue weighted by Gasteiger charge is -2.38. The Hall–Kier alpha value is -1.36. The van der Waals surface area contributed by atoms with Crippen LogP contribution in [0.5, 0.6) is 0 Å². The third-order valence-electron chi connectivity index (χ3n) is 3.25. The molecule has 0 amide bonds. The predicted molar refractivity (Wildman–Crippen MR) is 67.9 cm³/mol. The molecular weight excluding hydrogens is 216 g/mol. The Balaban J connectivity index is 2.24. The van der Waals surface area contributed by atoms with Crippen molar-refractivity contribution in [2.75, 3.05) is 23.8 Å². The van der Waals surface area contributed by atoms with Crippen molar-refractivity contribution in [3.63, 3.8) is 0 Å². The fourth-order valence-electron chi connectivity index (χ4n) is 2.10. The first-order valence-corrected chi connectivity index (χ1v) is 6.25. The van der Waals surface area contributed by atoms with Gasteiger partial charge in [-0.3, -0.25) is 0 Å². The summed E-state index contributed by atoms with van der Waals surface area (Å²) in [7, 11) is 0. The number of nitrogens with two attached hydrogens (primary N) is 1. The number of nitrogen functional groups attached to an aromatic ring is 1. The number of aliphatic hydroxyl groups is 1. The SMILES string of the molecule is CCc1nc(N)cc(N(CCO)C2CCC2)n1. The van der Waals surface area contributed by atoms with Crippen LogP contribution in [0.3, 0.4) is 0 Å². The molecule has 1 fully saturated rings. The van der Waals surface area contributed by atoms with E-state index in [0.29, 0.717) is 18.4 Å². The molecule has 0 unspecified atom stereocenters. The zero-order valence-corrected chi connectivity index (χ0v) is 10.3. The Morgan fingerprint density at radius 1 is 1.47 bits per heavy atom. The molecule has 5 heteroatoms. The maximum atomic E-state index is 9.15. The van der Waals surface area contributed by atoms with Gasteiger partial charge in [-0.1, -0.05) is 6.92 Å². The molecule has 0 bridgehead atoms. The molecule has 1 heterocycles. The number of aryl methyl sites for hydroxylation is 1. The van der Waals surface area contributed by atoms with Crippen molar-refractivity contribution in [3.05, 3.63) is 11.9 Å². The highest BCUT2D eigenvalue weighted by atomic mass is 16.3. The highest BCUT2D eigenvalue weighted by Gasteiger charge is 2.26. The Labute approximate surface area is 102 Å². The second-order valence-corrected chi connectivity index (χ2v) is 4.42. The van der Waals surface area contributed by atoms with Crippen LogP contribution in [-0.2, 0) is 6.42 Å². The molecule has 1 saturated carbocycles. The topological polar surface area (TPSA) is 75.3 Å². The number of aromatic nitrogens is 2. The van der Waals surface area contributed by atoms with Gasteiger partial charge in [-0.25, -0.2) is 9.97 Å². The smallest absolute Gasteiger partial charge is 0.134 e. The van der Waals surface area contributed by atoms with E-state index in [9.17, 15) is 0 Å². The van der Waals surface area contributed by atoms with Gasteiger partial charge in [0.15, 0.2) is 0 Å². The molecule has 17 heavy (non-hydrogen) atoms. The van der Waals surface area contributed by atoms with Gasteiger partial charge in [0.2, 0.25) is 0 Å². The Kier molecular flexibility index (Phi) is 3.78. The van der Waals surface area contributed by atoms with Gasteiger partial charge in [-0.15, -0.1) is 0 Å². The van der Waals surface area contributed by atoms with E-state index in [1.54, 1.807) is 6.07 Å². The fourth-order valence-corrected chi connectivity index (χ4v) is 2.10. The molecule has 2 rings (SSSR count). The minimum absolute atomic E-state index is 0.141. The van der Waals surface area contributed by atoms with Gasteiger partial charge in [0, 0.05) is 25.1 Å². The van der Waals surface area contributed by atoms with E-state index in [1.807, 2.05) is 6.92 Å². The van der Waals surface area contributed by atoms with E-state index in [4.69, 9.17) is 10.8 Å². The summed E-state index contributed by atoms with van der Waals surface area (Å²) < 4.78 is 0. The zero-order chi connectivity index (χ0) is 12.3. The first-order chi connectivity index (χ1) is 8.24. The highest BCUT2D eigenvalue weighted by Crippen LogP contribution is 2.28. The van der Waals surface area contributed by atoms with Gasteiger partial charge < -0.3 is 15.7 Å². The summed E-state index contributed by atoms with van der Waals surface area (Å²) in [5, 5.41) is 9.15. The van der Waals surface area contributed by atoms with Crippen molar-refractivity contribution in [1.82, 2.24) is 9.97 Å². The van der Waals surface area contributed by atoms with E-state index < -0.39 is 0 Å². The van der Waals surface area contributed by atoms with Crippen molar-refractivity contribution >= 4 is 11.6 Å². The van der Waals surface area contributed by atoms with Crippen LogP contribution >= 0.6 is 0 Å². The number of hydrogen-bond acceptors (Lipinski definition) is 5. The Morgan fingerprint density at radius 2 is 2.24 bits per heavy atom. The highest BCUT2D eigenvalue weighted by molar-refractivity contribution is 5.48. The van der Waals surface area contributed by atoms with Crippen LogP contribution in [0.1, 0.15) is 32.0 Å². The monoisotopic (exact) mass is 236 g/mol. The molecule has 0 saturated heterocycles. The molecule has 0 spiro atoms. The van der Waals surface area contributed by atoms with Crippen LogP contribution in [0, 0.1) is 0 Å². The lowest BCUT2D eigenvalue weighted by Crippen LogP contribution is -2.42. The minimum atomic E-state index is 0.141. The molecule has 0 aromatic carbocycles. The van der Waals surface area contributed by atoms with E-state index in [2.05, 4.69) is 14.9 Å². The van der Waals surface area contributed by atoms with Crippen molar-refractivity contribution in [3.8, 4) is 0 Å². The van der Waals surface area contributed by atoms with Crippen molar-refractivity contribution in [1.29, 1.82) is 0 Å². The van der Waals surface area contributed by atoms with Gasteiger partial charge >= 0.3 is 0 Å². The normalized spacial score (nSPS) is 15.6. The van der Waals surface area contributed by atoms with Crippen LogP contribution in [0.2, 0.25) is 0 Å². The Bertz CT molecular complexity index is 379. The van der Waals surface area contributed by atoms with E-state index in [1.165, 1.54) is 19.3 Å². The summed E-state index contributed by atoms with van der Waals surface area (Å²) >= 11 is 0. The largest absolute Gasteiger partial charge is 0.395 e. The maximum Gasteiger partial charge on any atom is 0.134 e. The van der Waals surface area contributed by atoms with Gasteiger partial charge in [0.05, 0.1) is 6.61 Å². The molecule has 3 N–H and O–H groups in total. The first-order valence-electron chi connectivity index (χ1n) is 6.25. The van der Waals surface area contributed by atoms with Crippen LogP contribution in [0.15, 0.2) is 6.07 Å². The first kappa shape index (κ1) is 12.1. The van der Waals surface area contributed by atoms with E-state index in [-0.39, 0.29) is 6.61 Å². The molecule has 1 aliphatic carbocycles. The number of aliphatic hydroxyl groups excluding tert-OH is 1. The van der Waals surface area contributed by atoms with Crippen molar-refractivity contribution in [2.24, 2.45) is 0 Å². The number of rotatable bonds is 5. The standard InChI is InChI=1S/C12H20N4O/c1-2-11-14-10(13)8-12(15-11)16(6-7-17)9-4-3-5-9/h8-9,17H,2-7H2,1H3,(H2,13,14,15). The van der Waals surface area contributed by atoms with Gasteiger partial charge in [-0.05, 0) is 19.3 Å². The van der Waals surface area contributed by atoms with Gasteiger partial charge in [-0.2, -0.15) is 0 Å². The molecular formula is C12H20N4O. The van der Waals surface area contributed by atoms with Crippen molar-refractivity contribution < 1.29 is 5.11 Å². The van der Waals surface area contributed by atoms with Gasteiger partial charge in [0.1, 0.15) is 17.5 Å². The third-order valence-corrected chi connectivity index (χ3v) is 3.25. The van der Waals surface area contributed by atoms with Crippen LogP contribution in [-0.4, -0.2) is 34.3 Å². The molecule has 0 atom stereocenters. The average Bonchev–Trinajstić information content (AvgIpc) is 2.25. The van der Waals surface area contributed by atoms with Crippen molar-refractivity contribution in [2.45, 2.75) is 38.6 Å². The number of anilines is 2. The van der Waals surface area contributed by atoms with E-state index in [0.717, 1.165) is 18.1 Å². The summed E-state index contributed by atoms with van der Waals surface area (Å²) in [4.78, 5) is 10.8. The third kappa shape index (κ3) is 2.66. The molecule has 94 valence electrons. The molecule has 5 nitrogen and oxygen atoms in total. The summed E-state index contributed by atoms with van der Waals surface area (Å²) in [6, 6.07) is 2.30. The minimum Gasteiger partial charge on any atom is -0.395 e. The van der Waals surface area contributed by atoms with Crippen LogP contribution < -0.4 is 10.6 Å². The summed E-state index contributed by atoms with van der Waals surface area (Å²) in [5.74, 6) is 2.13. The number of hydrogen-bond donors (Lipinski definition) is 2. The molecule has 1 aliphatic rings. The quantitative estimate of drug-likeness (QED) is 0.797. The second kappa shape index (κ2) is 5.31. The summed E-state index contributed by atoms with van der Waals surface area (Å²) in [5.41, 5.74) is 5.79. The number of nitrogens with zero attached hydrogens (tertiary/aromatic N) is 3. The molecule has 0 radical (unpaired) electrons. The van der Waals surface area contributed by atoms with Gasteiger partial charge in [0.25, 0.3) is 0 Å². The van der Waals surface area contributed by atoms with Crippen LogP contribution in [0.25, 0.3) is 0 Å². The predicted octanol–water partition coefficient (Wildman–Crippen LogP) is 0.972.